The highest BCUT2D eigenvalue weighted by atomic mass is 16.2. The molecule has 6 heteroatoms. The minimum absolute atomic E-state index is 0.0113. The standard InChI is InChI=1S/C22H31N3O3/c1-16-8-6-7-13-25(16)21(27)17(2)23-20(26)18-11-14-24(15-12-18)22(28)19-9-4-3-5-10-19/h3-5,9-10,16-18H,6-8,11-15H2,1-2H3,(H,23,26). The SMILES string of the molecule is CC(NC(=O)C1CCN(C(=O)c2ccccc2)CC1)C(=O)N1CCCCC1C. The number of nitrogens with one attached hydrogen (secondary N) is 1. The van der Waals surface area contributed by atoms with Crippen molar-refractivity contribution in [3.8, 4) is 0 Å². The van der Waals surface area contributed by atoms with Gasteiger partial charge in [-0.1, -0.05) is 18.2 Å². The smallest absolute Gasteiger partial charge is 0.253 e. The van der Waals surface area contributed by atoms with Crippen LogP contribution in [0.15, 0.2) is 30.3 Å². The molecule has 2 aliphatic heterocycles. The van der Waals surface area contributed by atoms with Crippen LogP contribution in [0.4, 0.5) is 0 Å². The van der Waals surface area contributed by atoms with Crippen LogP contribution in [0.1, 0.15) is 56.3 Å². The molecule has 28 heavy (non-hydrogen) atoms. The Kier molecular flexibility index (Phi) is 6.70. The molecule has 0 saturated carbocycles. The lowest BCUT2D eigenvalue weighted by Crippen LogP contribution is -2.53. The van der Waals surface area contributed by atoms with Crippen molar-refractivity contribution in [3.63, 3.8) is 0 Å². The minimum atomic E-state index is -0.503. The Hall–Kier alpha value is -2.37. The highest BCUT2D eigenvalue weighted by Crippen LogP contribution is 2.21. The Morgan fingerprint density at radius 1 is 1.00 bits per heavy atom. The molecule has 1 aromatic rings. The zero-order chi connectivity index (χ0) is 20.1. The molecule has 0 radical (unpaired) electrons. The lowest BCUT2D eigenvalue weighted by atomic mass is 9.95. The van der Waals surface area contributed by atoms with E-state index >= 15 is 0 Å². The van der Waals surface area contributed by atoms with Crippen molar-refractivity contribution in [2.75, 3.05) is 19.6 Å². The summed E-state index contributed by atoms with van der Waals surface area (Å²) in [5.74, 6) is -0.189. The van der Waals surface area contributed by atoms with Crippen LogP contribution < -0.4 is 5.32 Å². The number of amides is 3. The maximum Gasteiger partial charge on any atom is 0.253 e. The molecule has 2 unspecified atom stereocenters. The van der Waals surface area contributed by atoms with Gasteiger partial charge in [-0.15, -0.1) is 0 Å². The van der Waals surface area contributed by atoms with Gasteiger partial charge in [-0.25, -0.2) is 0 Å². The lowest BCUT2D eigenvalue weighted by Gasteiger charge is -2.36. The number of likely N-dealkylation sites (tertiary alicyclic amines) is 2. The summed E-state index contributed by atoms with van der Waals surface area (Å²) < 4.78 is 0. The van der Waals surface area contributed by atoms with Crippen LogP contribution in [0.2, 0.25) is 0 Å². The largest absolute Gasteiger partial charge is 0.344 e. The Bertz CT molecular complexity index is 698. The van der Waals surface area contributed by atoms with Gasteiger partial charge in [0.1, 0.15) is 6.04 Å². The third kappa shape index (κ3) is 4.72. The summed E-state index contributed by atoms with van der Waals surface area (Å²) in [5, 5.41) is 2.91. The van der Waals surface area contributed by atoms with E-state index in [0.29, 0.717) is 31.5 Å². The van der Waals surface area contributed by atoms with Gasteiger partial charge in [0.2, 0.25) is 11.8 Å². The number of carbonyl (C=O) groups is 3. The van der Waals surface area contributed by atoms with E-state index in [4.69, 9.17) is 0 Å². The number of hydrogen-bond acceptors (Lipinski definition) is 3. The highest BCUT2D eigenvalue weighted by molar-refractivity contribution is 5.94. The van der Waals surface area contributed by atoms with Gasteiger partial charge >= 0.3 is 0 Å². The topological polar surface area (TPSA) is 69.7 Å². The molecular formula is C22H31N3O3. The fourth-order valence-corrected chi connectivity index (χ4v) is 4.18. The molecule has 152 valence electrons. The molecule has 2 heterocycles. The first kappa shape index (κ1) is 20.4. The molecule has 3 amide bonds. The summed E-state index contributed by atoms with van der Waals surface area (Å²) in [7, 11) is 0. The maximum atomic E-state index is 12.7. The van der Waals surface area contributed by atoms with Gasteiger partial charge in [-0.05, 0) is 58.1 Å². The average Bonchev–Trinajstić information content (AvgIpc) is 2.73. The highest BCUT2D eigenvalue weighted by Gasteiger charge is 2.31. The summed E-state index contributed by atoms with van der Waals surface area (Å²) in [4.78, 5) is 41.6. The third-order valence-electron chi connectivity index (χ3n) is 5.99. The quantitative estimate of drug-likeness (QED) is 0.865. The molecule has 6 nitrogen and oxygen atoms in total. The van der Waals surface area contributed by atoms with E-state index in [1.807, 2.05) is 40.1 Å². The Morgan fingerprint density at radius 2 is 1.68 bits per heavy atom. The van der Waals surface area contributed by atoms with Gasteiger partial charge in [0.05, 0.1) is 0 Å². The first-order valence-corrected chi connectivity index (χ1v) is 10.4. The monoisotopic (exact) mass is 385 g/mol. The van der Waals surface area contributed by atoms with Crippen molar-refractivity contribution in [2.24, 2.45) is 5.92 Å². The van der Waals surface area contributed by atoms with Crippen LogP contribution in [-0.2, 0) is 9.59 Å². The zero-order valence-electron chi connectivity index (χ0n) is 16.9. The Labute approximate surface area is 167 Å². The summed E-state index contributed by atoms with van der Waals surface area (Å²) in [6.45, 7) is 5.76. The van der Waals surface area contributed by atoms with E-state index in [1.54, 1.807) is 6.92 Å². The molecule has 2 atom stereocenters. The second kappa shape index (κ2) is 9.22. The van der Waals surface area contributed by atoms with E-state index < -0.39 is 6.04 Å². The summed E-state index contributed by atoms with van der Waals surface area (Å²) in [6.07, 6.45) is 4.48. The third-order valence-corrected chi connectivity index (χ3v) is 5.99. The van der Waals surface area contributed by atoms with Gasteiger partial charge in [0, 0.05) is 37.2 Å². The average molecular weight is 386 g/mol. The van der Waals surface area contributed by atoms with Crippen LogP contribution in [0, 0.1) is 5.92 Å². The van der Waals surface area contributed by atoms with Crippen molar-refractivity contribution in [3.05, 3.63) is 35.9 Å². The van der Waals surface area contributed by atoms with E-state index in [2.05, 4.69) is 12.2 Å². The molecule has 0 aliphatic carbocycles. The van der Waals surface area contributed by atoms with Crippen molar-refractivity contribution in [2.45, 2.75) is 58.0 Å². The number of carbonyl (C=O) groups excluding carboxylic acids is 3. The van der Waals surface area contributed by atoms with Crippen molar-refractivity contribution in [1.29, 1.82) is 0 Å². The number of piperidine rings is 2. The molecule has 0 spiro atoms. The summed E-state index contributed by atoms with van der Waals surface area (Å²) in [6, 6.07) is 8.97. The Balaban J connectivity index is 1.48. The zero-order valence-corrected chi connectivity index (χ0v) is 16.9. The Morgan fingerprint density at radius 3 is 2.32 bits per heavy atom. The van der Waals surface area contributed by atoms with Gasteiger partial charge in [0.25, 0.3) is 5.91 Å². The van der Waals surface area contributed by atoms with E-state index in [0.717, 1.165) is 25.8 Å². The summed E-state index contributed by atoms with van der Waals surface area (Å²) >= 11 is 0. The molecule has 2 saturated heterocycles. The van der Waals surface area contributed by atoms with Gasteiger partial charge in [0.15, 0.2) is 0 Å². The summed E-state index contributed by atoms with van der Waals surface area (Å²) in [5.41, 5.74) is 0.681. The van der Waals surface area contributed by atoms with Gasteiger partial charge in [-0.3, -0.25) is 14.4 Å². The molecular weight excluding hydrogens is 354 g/mol. The maximum absolute atomic E-state index is 12.7. The van der Waals surface area contributed by atoms with Gasteiger partial charge < -0.3 is 15.1 Å². The lowest BCUT2D eigenvalue weighted by molar-refractivity contribution is -0.139. The van der Waals surface area contributed by atoms with E-state index in [9.17, 15) is 14.4 Å². The normalized spacial score (nSPS) is 21.9. The van der Waals surface area contributed by atoms with Crippen molar-refractivity contribution < 1.29 is 14.4 Å². The first-order valence-electron chi connectivity index (χ1n) is 10.4. The second-order valence-corrected chi connectivity index (χ2v) is 8.04. The molecule has 2 aliphatic rings. The molecule has 3 rings (SSSR count). The molecule has 1 aromatic carbocycles. The van der Waals surface area contributed by atoms with E-state index in [1.165, 1.54) is 0 Å². The number of rotatable bonds is 4. The molecule has 2 fully saturated rings. The van der Waals surface area contributed by atoms with Crippen molar-refractivity contribution >= 4 is 17.7 Å². The van der Waals surface area contributed by atoms with Gasteiger partial charge in [-0.2, -0.15) is 0 Å². The van der Waals surface area contributed by atoms with Crippen LogP contribution in [0.5, 0.6) is 0 Å². The predicted octanol–water partition coefficient (Wildman–Crippen LogP) is 2.44. The van der Waals surface area contributed by atoms with Crippen LogP contribution in [0.3, 0.4) is 0 Å². The number of hydrogen-bond donors (Lipinski definition) is 1. The predicted molar refractivity (Wildman–Crippen MR) is 108 cm³/mol. The first-order chi connectivity index (χ1) is 13.5. The molecule has 0 aromatic heterocycles. The second-order valence-electron chi connectivity index (χ2n) is 8.04. The van der Waals surface area contributed by atoms with Crippen LogP contribution in [0.25, 0.3) is 0 Å². The van der Waals surface area contributed by atoms with Crippen LogP contribution >= 0.6 is 0 Å². The number of nitrogens with zero attached hydrogens (tertiary/aromatic N) is 2. The minimum Gasteiger partial charge on any atom is -0.344 e. The molecule has 0 bridgehead atoms. The molecule has 1 N–H and O–H groups in total. The fraction of sp³-hybridized carbons (Fsp3) is 0.591. The fourth-order valence-electron chi connectivity index (χ4n) is 4.18. The number of benzene rings is 1. The van der Waals surface area contributed by atoms with Crippen molar-refractivity contribution in [1.82, 2.24) is 15.1 Å². The van der Waals surface area contributed by atoms with E-state index in [-0.39, 0.29) is 29.7 Å². The van der Waals surface area contributed by atoms with Crippen LogP contribution in [-0.4, -0.2) is 59.2 Å².